The summed E-state index contributed by atoms with van der Waals surface area (Å²) < 4.78 is 0. The molecule has 8 heteroatoms. The number of nitrogen functional groups attached to an aromatic ring is 2. The maximum atomic E-state index is 6.30. The lowest BCUT2D eigenvalue weighted by Gasteiger charge is -2.24. The molecule has 0 saturated heterocycles. The average Bonchev–Trinajstić information content (AvgIpc) is 2.57. The first-order valence-corrected chi connectivity index (χ1v) is 8.27. The van der Waals surface area contributed by atoms with Crippen molar-refractivity contribution in [1.29, 1.82) is 0 Å². The second kappa shape index (κ2) is 7.55. The van der Waals surface area contributed by atoms with E-state index in [1.165, 1.54) is 0 Å². The first-order valence-electron chi connectivity index (χ1n) is 7.51. The third-order valence-corrected chi connectivity index (χ3v) is 4.32. The van der Waals surface area contributed by atoms with Crippen LogP contribution in [0, 0.1) is 0 Å². The lowest BCUT2D eigenvalue weighted by molar-refractivity contribution is 0.761. The van der Waals surface area contributed by atoms with Crippen LogP contribution in [0.15, 0.2) is 48.5 Å². The van der Waals surface area contributed by atoms with Crippen LogP contribution in [-0.2, 0) is 13.1 Å². The van der Waals surface area contributed by atoms with E-state index in [1.807, 2.05) is 53.4 Å². The SMILES string of the molecule is Nc1nc(N)nc(N(Cc2ccccc2Cl)Cc2ccccc2Cl)n1. The van der Waals surface area contributed by atoms with Gasteiger partial charge in [-0.3, -0.25) is 0 Å². The van der Waals surface area contributed by atoms with Gasteiger partial charge in [0.2, 0.25) is 17.8 Å². The Morgan fingerprint density at radius 2 is 1.16 bits per heavy atom. The zero-order valence-corrected chi connectivity index (χ0v) is 14.7. The molecule has 0 radical (unpaired) electrons. The fraction of sp³-hybridized carbons (Fsp3) is 0.118. The van der Waals surface area contributed by atoms with Crippen molar-refractivity contribution in [2.45, 2.75) is 13.1 Å². The normalized spacial score (nSPS) is 10.6. The highest BCUT2D eigenvalue weighted by atomic mass is 35.5. The smallest absolute Gasteiger partial charge is 0.232 e. The van der Waals surface area contributed by atoms with Crippen LogP contribution in [0.4, 0.5) is 17.8 Å². The second-order valence-electron chi connectivity index (χ2n) is 5.39. The maximum absolute atomic E-state index is 6.30. The van der Waals surface area contributed by atoms with Crippen molar-refractivity contribution in [3.05, 3.63) is 69.7 Å². The van der Waals surface area contributed by atoms with E-state index in [0.29, 0.717) is 29.1 Å². The van der Waals surface area contributed by atoms with Gasteiger partial charge in [-0.15, -0.1) is 0 Å². The number of aromatic nitrogens is 3. The number of hydrogen-bond acceptors (Lipinski definition) is 6. The summed E-state index contributed by atoms with van der Waals surface area (Å²) in [5, 5.41) is 1.31. The van der Waals surface area contributed by atoms with Crippen molar-refractivity contribution < 1.29 is 0 Å². The molecule has 128 valence electrons. The van der Waals surface area contributed by atoms with Gasteiger partial charge in [0.1, 0.15) is 0 Å². The molecular formula is C17H16Cl2N6. The van der Waals surface area contributed by atoms with Crippen molar-refractivity contribution >= 4 is 41.0 Å². The van der Waals surface area contributed by atoms with Gasteiger partial charge in [-0.05, 0) is 23.3 Å². The molecule has 0 spiro atoms. The van der Waals surface area contributed by atoms with Crippen LogP contribution in [0.2, 0.25) is 10.0 Å². The molecule has 0 bridgehead atoms. The van der Waals surface area contributed by atoms with E-state index in [0.717, 1.165) is 11.1 Å². The first-order chi connectivity index (χ1) is 12.0. The third kappa shape index (κ3) is 4.29. The third-order valence-electron chi connectivity index (χ3n) is 3.58. The summed E-state index contributed by atoms with van der Waals surface area (Å²) >= 11 is 12.6. The highest BCUT2D eigenvalue weighted by Crippen LogP contribution is 2.24. The van der Waals surface area contributed by atoms with Crippen molar-refractivity contribution in [3.63, 3.8) is 0 Å². The summed E-state index contributed by atoms with van der Waals surface area (Å²) in [5.41, 5.74) is 13.3. The Labute approximate surface area is 155 Å². The van der Waals surface area contributed by atoms with Gasteiger partial charge in [-0.25, -0.2) is 0 Å². The molecule has 2 aromatic carbocycles. The van der Waals surface area contributed by atoms with Crippen LogP contribution >= 0.6 is 23.2 Å². The van der Waals surface area contributed by atoms with E-state index in [1.54, 1.807) is 0 Å². The Morgan fingerprint density at radius 1 is 0.720 bits per heavy atom. The number of rotatable bonds is 5. The highest BCUT2D eigenvalue weighted by Gasteiger charge is 2.16. The van der Waals surface area contributed by atoms with Gasteiger partial charge in [-0.1, -0.05) is 59.6 Å². The number of halogens is 2. The molecule has 0 saturated carbocycles. The minimum atomic E-state index is 0.0609. The van der Waals surface area contributed by atoms with Crippen LogP contribution in [0.1, 0.15) is 11.1 Å². The molecule has 0 unspecified atom stereocenters. The van der Waals surface area contributed by atoms with E-state index in [4.69, 9.17) is 34.7 Å². The van der Waals surface area contributed by atoms with Crippen molar-refractivity contribution in [3.8, 4) is 0 Å². The van der Waals surface area contributed by atoms with Gasteiger partial charge in [0.25, 0.3) is 0 Å². The van der Waals surface area contributed by atoms with Gasteiger partial charge in [0.15, 0.2) is 0 Å². The molecule has 25 heavy (non-hydrogen) atoms. The number of benzene rings is 2. The summed E-state index contributed by atoms with van der Waals surface area (Å²) in [6.07, 6.45) is 0. The summed E-state index contributed by atoms with van der Waals surface area (Å²) in [6, 6.07) is 15.1. The second-order valence-corrected chi connectivity index (χ2v) is 6.21. The van der Waals surface area contributed by atoms with Gasteiger partial charge >= 0.3 is 0 Å². The number of hydrogen-bond donors (Lipinski definition) is 2. The Hall–Kier alpha value is -2.57. The zero-order valence-electron chi connectivity index (χ0n) is 13.2. The summed E-state index contributed by atoms with van der Waals surface area (Å²) in [5.74, 6) is 0.487. The zero-order chi connectivity index (χ0) is 17.8. The van der Waals surface area contributed by atoms with E-state index in [-0.39, 0.29) is 11.9 Å². The highest BCUT2D eigenvalue weighted by molar-refractivity contribution is 6.31. The fourth-order valence-electron chi connectivity index (χ4n) is 2.40. The van der Waals surface area contributed by atoms with E-state index < -0.39 is 0 Å². The standard InChI is InChI=1S/C17H16Cl2N6/c18-13-7-3-1-5-11(13)9-25(10-12-6-2-4-8-14(12)19)17-23-15(20)22-16(21)24-17/h1-8H,9-10H2,(H4,20,21,22,23,24). The first kappa shape index (κ1) is 17.3. The Bertz CT molecular complexity index is 819. The molecule has 0 aliphatic carbocycles. The molecule has 0 atom stereocenters. The molecule has 1 heterocycles. The van der Waals surface area contributed by atoms with Gasteiger partial charge < -0.3 is 16.4 Å². The molecule has 6 nitrogen and oxygen atoms in total. The van der Waals surface area contributed by atoms with Crippen molar-refractivity contribution in [2.24, 2.45) is 0 Å². The molecular weight excluding hydrogens is 359 g/mol. The molecule has 0 aliphatic rings. The van der Waals surface area contributed by atoms with Crippen LogP contribution in [0.5, 0.6) is 0 Å². The monoisotopic (exact) mass is 374 g/mol. The average molecular weight is 375 g/mol. The molecule has 0 amide bonds. The maximum Gasteiger partial charge on any atom is 0.232 e. The summed E-state index contributed by atoms with van der Waals surface area (Å²) in [6.45, 7) is 0.932. The summed E-state index contributed by atoms with van der Waals surface area (Å²) in [7, 11) is 0. The van der Waals surface area contributed by atoms with E-state index in [2.05, 4.69) is 15.0 Å². The van der Waals surface area contributed by atoms with E-state index in [9.17, 15) is 0 Å². The predicted octanol–water partition coefficient (Wildman–Crippen LogP) is 3.55. The minimum absolute atomic E-state index is 0.0609. The van der Waals surface area contributed by atoms with Crippen molar-refractivity contribution in [2.75, 3.05) is 16.4 Å². The van der Waals surface area contributed by atoms with Crippen LogP contribution in [-0.4, -0.2) is 15.0 Å². The summed E-state index contributed by atoms with van der Waals surface area (Å²) in [4.78, 5) is 14.1. The number of anilines is 3. The Balaban J connectivity index is 1.98. The van der Waals surface area contributed by atoms with Crippen LogP contribution in [0.3, 0.4) is 0 Å². The Morgan fingerprint density at radius 3 is 1.60 bits per heavy atom. The lowest BCUT2D eigenvalue weighted by Crippen LogP contribution is -2.25. The molecule has 3 aromatic rings. The van der Waals surface area contributed by atoms with Gasteiger partial charge in [0, 0.05) is 23.1 Å². The number of nitrogens with two attached hydrogens (primary N) is 2. The fourth-order valence-corrected chi connectivity index (χ4v) is 2.79. The van der Waals surface area contributed by atoms with Crippen LogP contribution < -0.4 is 16.4 Å². The van der Waals surface area contributed by atoms with Gasteiger partial charge in [-0.2, -0.15) is 15.0 Å². The quantitative estimate of drug-likeness (QED) is 0.708. The predicted molar refractivity (Wildman–Crippen MR) is 101 cm³/mol. The lowest BCUT2D eigenvalue weighted by atomic mass is 10.1. The molecule has 3 rings (SSSR count). The minimum Gasteiger partial charge on any atom is -0.368 e. The molecule has 0 fully saturated rings. The van der Waals surface area contributed by atoms with Crippen molar-refractivity contribution in [1.82, 2.24) is 15.0 Å². The van der Waals surface area contributed by atoms with Crippen LogP contribution in [0.25, 0.3) is 0 Å². The molecule has 4 N–H and O–H groups in total. The number of nitrogens with zero attached hydrogens (tertiary/aromatic N) is 4. The van der Waals surface area contributed by atoms with E-state index >= 15 is 0 Å². The molecule has 0 aliphatic heterocycles. The topological polar surface area (TPSA) is 93.9 Å². The Kier molecular flexibility index (Phi) is 5.21. The molecule has 1 aromatic heterocycles. The largest absolute Gasteiger partial charge is 0.368 e. The van der Waals surface area contributed by atoms with Gasteiger partial charge in [0.05, 0.1) is 0 Å².